The zero-order valence-corrected chi connectivity index (χ0v) is 19.4. The van der Waals surface area contributed by atoms with Gasteiger partial charge in [0.15, 0.2) is 11.9 Å². The molecule has 0 aromatic heterocycles. The molecule has 3 rings (SSSR count). The monoisotopic (exact) mass is 475 g/mol. The van der Waals surface area contributed by atoms with E-state index in [0.717, 1.165) is 11.4 Å². The fourth-order valence-corrected chi connectivity index (χ4v) is 3.06. The fourth-order valence-electron chi connectivity index (χ4n) is 2.89. The summed E-state index contributed by atoms with van der Waals surface area (Å²) in [6.07, 6.45) is 0.456. The van der Waals surface area contributed by atoms with Gasteiger partial charge in [0.2, 0.25) is 0 Å². The summed E-state index contributed by atoms with van der Waals surface area (Å²) in [5.74, 6) is 0.550. The molecule has 0 fully saturated rings. The highest BCUT2D eigenvalue weighted by Gasteiger charge is 2.19. The van der Waals surface area contributed by atoms with Crippen LogP contribution in [0.5, 0.6) is 11.5 Å². The molecule has 9 nitrogen and oxygen atoms in total. The molecule has 2 aromatic carbocycles. The first-order valence-electron chi connectivity index (χ1n) is 10.5. The van der Waals surface area contributed by atoms with Crippen LogP contribution in [-0.4, -0.2) is 62.6 Å². The second kappa shape index (κ2) is 11.4. The minimum atomic E-state index is -0.820. The Morgan fingerprint density at radius 1 is 1.15 bits per heavy atom. The second-order valence-electron chi connectivity index (χ2n) is 7.12. The van der Waals surface area contributed by atoms with Crippen LogP contribution in [0.1, 0.15) is 13.8 Å². The van der Waals surface area contributed by atoms with Crippen molar-refractivity contribution in [2.45, 2.75) is 20.0 Å². The first-order chi connectivity index (χ1) is 15.9. The molecule has 33 heavy (non-hydrogen) atoms. The van der Waals surface area contributed by atoms with Crippen LogP contribution in [0.3, 0.4) is 0 Å². The number of amides is 1. The van der Waals surface area contributed by atoms with Crippen molar-refractivity contribution in [3.8, 4) is 11.5 Å². The molecule has 1 aliphatic heterocycles. The largest absolute Gasteiger partial charge is 0.479 e. The molecule has 0 saturated heterocycles. The lowest BCUT2D eigenvalue weighted by Crippen LogP contribution is -2.33. The van der Waals surface area contributed by atoms with Crippen molar-refractivity contribution in [3.05, 3.63) is 47.5 Å². The third kappa shape index (κ3) is 6.76. The topological polar surface area (TPSA) is 89.9 Å². The van der Waals surface area contributed by atoms with E-state index in [2.05, 4.69) is 4.99 Å². The number of benzene rings is 2. The molecule has 1 heterocycles. The van der Waals surface area contributed by atoms with E-state index < -0.39 is 18.2 Å². The summed E-state index contributed by atoms with van der Waals surface area (Å²) in [5, 5.41) is 2.31. The number of halogens is 1. The Morgan fingerprint density at radius 3 is 2.61 bits per heavy atom. The average Bonchev–Trinajstić information content (AvgIpc) is 2.80. The van der Waals surface area contributed by atoms with Crippen molar-refractivity contribution >= 4 is 41.3 Å². The number of carbonyl (C=O) groups is 2. The van der Waals surface area contributed by atoms with Gasteiger partial charge in [-0.1, -0.05) is 11.6 Å². The highest BCUT2D eigenvalue weighted by atomic mass is 35.5. The second-order valence-corrected chi connectivity index (χ2v) is 7.55. The SMILES string of the molecule is CCOC(=O)N(C)CCOC(=O)[C@H](C)Oc1ccc(ON2CC=Nc3cc(Cl)ccc32)cc1. The van der Waals surface area contributed by atoms with E-state index in [4.69, 9.17) is 30.6 Å². The van der Waals surface area contributed by atoms with Gasteiger partial charge in [0.25, 0.3) is 0 Å². The summed E-state index contributed by atoms with van der Waals surface area (Å²) >= 11 is 6.03. The number of hydrogen-bond acceptors (Lipinski definition) is 8. The highest BCUT2D eigenvalue weighted by Crippen LogP contribution is 2.34. The molecule has 0 unspecified atom stereocenters. The molecular formula is C23H26ClN3O6. The number of hydrogen-bond donors (Lipinski definition) is 0. The van der Waals surface area contributed by atoms with E-state index in [1.165, 1.54) is 4.90 Å². The number of aliphatic imine (C=N–C) groups is 1. The smallest absolute Gasteiger partial charge is 0.409 e. The van der Waals surface area contributed by atoms with Crippen molar-refractivity contribution in [1.29, 1.82) is 0 Å². The number of carbonyl (C=O) groups excluding carboxylic acids is 2. The molecule has 0 aliphatic carbocycles. The minimum Gasteiger partial charge on any atom is -0.479 e. The van der Waals surface area contributed by atoms with E-state index in [1.54, 1.807) is 68.6 Å². The van der Waals surface area contributed by atoms with E-state index >= 15 is 0 Å². The zero-order chi connectivity index (χ0) is 23.8. The molecule has 0 saturated carbocycles. The van der Waals surface area contributed by atoms with E-state index in [-0.39, 0.29) is 19.8 Å². The van der Waals surface area contributed by atoms with Crippen molar-refractivity contribution < 1.29 is 28.6 Å². The first kappa shape index (κ1) is 24.2. The van der Waals surface area contributed by atoms with Gasteiger partial charge in [0.05, 0.1) is 25.4 Å². The summed E-state index contributed by atoms with van der Waals surface area (Å²) in [4.78, 5) is 35.3. The van der Waals surface area contributed by atoms with E-state index in [0.29, 0.717) is 23.1 Å². The normalized spacial score (nSPS) is 13.0. The maximum atomic E-state index is 12.2. The molecule has 176 valence electrons. The number of likely N-dealkylation sites (N-methyl/N-ethyl adjacent to an activating group) is 1. The lowest BCUT2D eigenvalue weighted by atomic mass is 10.2. The van der Waals surface area contributed by atoms with Gasteiger partial charge in [-0.05, 0) is 56.3 Å². The number of hydroxylamine groups is 1. The molecule has 0 spiro atoms. The van der Waals surface area contributed by atoms with Crippen LogP contribution in [0, 0.1) is 0 Å². The van der Waals surface area contributed by atoms with Gasteiger partial charge >= 0.3 is 12.1 Å². The lowest BCUT2D eigenvalue weighted by Gasteiger charge is -2.26. The van der Waals surface area contributed by atoms with Crippen molar-refractivity contribution in [2.24, 2.45) is 4.99 Å². The molecule has 0 bridgehead atoms. The van der Waals surface area contributed by atoms with Crippen LogP contribution in [0.15, 0.2) is 47.5 Å². The minimum absolute atomic E-state index is 0.0421. The molecular weight excluding hydrogens is 450 g/mol. The molecule has 1 atom stereocenters. The molecule has 2 aromatic rings. The van der Waals surface area contributed by atoms with Crippen molar-refractivity contribution in [1.82, 2.24) is 4.90 Å². The zero-order valence-electron chi connectivity index (χ0n) is 18.7. The Labute approximate surface area is 197 Å². The number of anilines is 1. The summed E-state index contributed by atoms with van der Waals surface area (Å²) < 4.78 is 15.7. The van der Waals surface area contributed by atoms with Crippen LogP contribution in [-0.2, 0) is 14.3 Å². The average molecular weight is 476 g/mol. The quantitative estimate of drug-likeness (QED) is 0.500. The van der Waals surface area contributed by atoms with Gasteiger partial charge in [-0.15, -0.1) is 0 Å². The summed E-state index contributed by atoms with van der Waals surface area (Å²) in [7, 11) is 1.57. The number of esters is 1. The predicted molar refractivity (Wildman–Crippen MR) is 125 cm³/mol. The van der Waals surface area contributed by atoms with Gasteiger partial charge in [-0.25, -0.2) is 14.7 Å². The Kier molecular flexibility index (Phi) is 8.37. The Hall–Kier alpha value is -3.46. The maximum Gasteiger partial charge on any atom is 0.409 e. The standard InChI is InChI=1S/C23H26ClN3O6/c1-4-30-23(29)26(3)13-14-31-22(28)16(2)32-18-6-8-19(9-7-18)33-27-12-11-25-20-15-17(24)5-10-21(20)27/h5-11,15-16H,4,12-14H2,1-3H3/t16-/m0/s1. The molecule has 0 radical (unpaired) electrons. The van der Waals surface area contributed by atoms with Crippen LogP contribution in [0.2, 0.25) is 5.02 Å². The molecule has 1 aliphatic rings. The van der Waals surface area contributed by atoms with Gasteiger partial charge < -0.3 is 23.9 Å². The summed E-state index contributed by atoms with van der Waals surface area (Å²) in [6.45, 7) is 4.35. The number of rotatable bonds is 9. The Bertz CT molecular complexity index is 998. The van der Waals surface area contributed by atoms with Gasteiger partial charge in [-0.2, -0.15) is 0 Å². The van der Waals surface area contributed by atoms with Gasteiger partial charge in [0, 0.05) is 18.3 Å². The fraction of sp³-hybridized carbons (Fsp3) is 0.348. The molecule has 1 amide bonds. The van der Waals surface area contributed by atoms with Crippen molar-refractivity contribution in [2.75, 3.05) is 38.4 Å². The maximum absolute atomic E-state index is 12.2. The van der Waals surface area contributed by atoms with Gasteiger partial charge in [-0.3, -0.25) is 4.99 Å². The lowest BCUT2D eigenvalue weighted by molar-refractivity contribution is -0.151. The summed E-state index contributed by atoms with van der Waals surface area (Å²) in [6, 6.07) is 12.3. The van der Waals surface area contributed by atoms with Crippen LogP contribution >= 0.6 is 11.6 Å². The third-order valence-electron chi connectivity index (χ3n) is 4.62. The number of nitrogens with zero attached hydrogens (tertiary/aromatic N) is 3. The Morgan fingerprint density at radius 2 is 1.88 bits per heavy atom. The van der Waals surface area contributed by atoms with Crippen LogP contribution < -0.4 is 14.6 Å². The summed E-state index contributed by atoms with van der Waals surface area (Å²) in [5.41, 5.74) is 1.54. The van der Waals surface area contributed by atoms with Crippen LogP contribution in [0.4, 0.5) is 16.2 Å². The first-order valence-corrected chi connectivity index (χ1v) is 10.8. The highest BCUT2D eigenvalue weighted by molar-refractivity contribution is 6.31. The number of ether oxygens (including phenoxy) is 3. The third-order valence-corrected chi connectivity index (χ3v) is 4.85. The number of fused-ring (bicyclic) bond motifs is 1. The van der Waals surface area contributed by atoms with Crippen LogP contribution in [0.25, 0.3) is 0 Å². The van der Waals surface area contributed by atoms with E-state index in [1.807, 2.05) is 6.07 Å². The van der Waals surface area contributed by atoms with Crippen molar-refractivity contribution in [3.63, 3.8) is 0 Å². The van der Waals surface area contributed by atoms with E-state index in [9.17, 15) is 9.59 Å². The predicted octanol–water partition coefficient (Wildman–Crippen LogP) is 4.26. The molecule has 10 heteroatoms. The molecule has 0 N–H and O–H groups in total. The Balaban J connectivity index is 1.48. The van der Waals surface area contributed by atoms with Gasteiger partial charge in [0.1, 0.15) is 18.0 Å².